The minimum absolute atomic E-state index is 0. The van der Waals surface area contributed by atoms with Crippen molar-refractivity contribution in [1.29, 1.82) is 0 Å². The van der Waals surface area contributed by atoms with Crippen molar-refractivity contribution in [2.75, 3.05) is 0 Å². The van der Waals surface area contributed by atoms with Crippen molar-refractivity contribution >= 4 is 35.8 Å². The molecular formula is C2H4O6Sn. The van der Waals surface area contributed by atoms with Gasteiger partial charge in [0.15, 0.2) is 0 Å². The molecule has 0 unspecified atom stereocenters. The van der Waals surface area contributed by atoms with E-state index >= 15 is 0 Å². The number of hydrogen-bond acceptors (Lipinski definition) is 4. The van der Waals surface area contributed by atoms with Crippen LogP contribution in [0.5, 0.6) is 0 Å². The van der Waals surface area contributed by atoms with Crippen molar-refractivity contribution in [2.24, 2.45) is 0 Å². The van der Waals surface area contributed by atoms with E-state index in [1.54, 1.807) is 0 Å². The summed E-state index contributed by atoms with van der Waals surface area (Å²) in [6.45, 7) is 0. The predicted octanol–water partition coefficient (Wildman–Crippen LogP) is -5.54. The van der Waals surface area contributed by atoms with Gasteiger partial charge in [0.1, 0.15) is 0 Å². The Bertz CT molecular complexity index is 77.1. The Morgan fingerprint density at radius 3 is 1.00 bits per heavy atom. The molecule has 9 heavy (non-hydrogen) atoms. The molecule has 0 fully saturated rings. The zero-order valence-electron chi connectivity index (χ0n) is 4.13. The number of carboxylic acid groups (broad SMARTS) is 2. The van der Waals surface area contributed by atoms with Crippen LogP contribution in [-0.4, -0.2) is 46.8 Å². The SMILES string of the molecule is O.O.O=C([O-])C(=O)[O-].[Sn+2]. The molecule has 6 nitrogen and oxygen atoms in total. The van der Waals surface area contributed by atoms with Gasteiger partial charge in [0.2, 0.25) is 0 Å². The molecule has 0 rings (SSSR count). The third-order valence-electron chi connectivity index (χ3n) is 0.167. The molecule has 0 spiro atoms. The maximum Gasteiger partial charge on any atom is 2.00 e. The number of carbonyl (C=O) groups is 2. The summed E-state index contributed by atoms with van der Waals surface area (Å²) in [6.07, 6.45) is 0. The second kappa shape index (κ2) is 10.6. The molecule has 2 radical (unpaired) electrons. The molecule has 0 bridgehead atoms. The van der Waals surface area contributed by atoms with Gasteiger partial charge >= 0.3 is 23.9 Å². The molecule has 0 aliphatic heterocycles. The van der Waals surface area contributed by atoms with E-state index in [-0.39, 0.29) is 34.9 Å². The van der Waals surface area contributed by atoms with E-state index in [1.165, 1.54) is 0 Å². The molecule has 0 aliphatic carbocycles. The first-order valence-corrected chi connectivity index (χ1v) is 1.07. The maximum atomic E-state index is 8.93. The van der Waals surface area contributed by atoms with Crippen LogP contribution in [0.4, 0.5) is 0 Å². The molecule has 7 heteroatoms. The molecule has 0 saturated heterocycles. The molecule has 52 valence electrons. The molecule has 0 heterocycles. The number of rotatable bonds is 0. The summed E-state index contributed by atoms with van der Waals surface area (Å²) in [7, 11) is 0. The third-order valence-corrected chi connectivity index (χ3v) is 0.167. The maximum absolute atomic E-state index is 8.93. The van der Waals surface area contributed by atoms with E-state index in [1.807, 2.05) is 0 Å². The van der Waals surface area contributed by atoms with Crippen LogP contribution in [0, 0.1) is 0 Å². The second-order valence-corrected chi connectivity index (χ2v) is 0.575. The first-order chi connectivity index (χ1) is 2.64. The van der Waals surface area contributed by atoms with Crippen molar-refractivity contribution in [1.82, 2.24) is 0 Å². The van der Waals surface area contributed by atoms with Crippen molar-refractivity contribution in [3.05, 3.63) is 0 Å². The first kappa shape index (κ1) is 23.4. The zero-order valence-corrected chi connectivity index (χ0v) is 6.99. The first-order valence-electron chi connectivity index (χ1n) is 1.07. The third kappa shape index (κ3) is 18.3. The van der Waals surface area contributed by atoms with Crippen LogP contribution in [0.3, 0.4) is 0 Å². The quantitative estimate of drug-likeness (QED) is 0.308. The van der Waals surface area contributed by atoms with Crippen LogP contribution in [0.15, 0.2) is 0 Å². The van der Waals surface area contributed by atoms with Gasteiger partial charge in [-0.25, -0.2) is 0 Å². The van der Waals surface area contributed by atoms with Crippen molar-refractivity contribution in [3.8, 4) is 0 Å². The Hall–Kier alpha value is -0.341. The monoisotopic (exact) mass is 244 g/mol. The van der Waals surface area contributed by atoms with Crippen LogP contribution >= 0.6 is 0 Å². The molecule has 4 N–H and O–H groups in total. The summed E-state index contributed by atoms with van der Waals surface area (Å²) in [4.78, 5) is 17.9. The van der Waals surface area contributed by atoms with Gasteiger partial charge in [0.05, 0.1) is 11.9 Å². The predicted molar refractivity (Wildman–Crippen MR) is 23.0 cm³/mol. The van der Waals surface area contributed by atoms with Crippen LogP contribution in [0.25, 0.3) is 0 Å². The van der Waals surface area contributed by atoms with E-state index in [9.17, 15) is 0 Å². The van der Waals surface area contributed by atoms with Crippen molar-refractivity contribution < 1.29 is 30.8 Å². The molecule has 0 aliphatic rings. The largest absolute Gasteiger partial charge is 2.00 e. The fourth-order valence-electron chi connectivity index (χ4n) is 0. The summed E-state index contributed by atoms with van der Waals surface area (Å²) < 4.78 is 0. The van der Waals surface area contributed by atoms with E-state index in [2.05, 4.69) is 0 Å². The average Bonchev–Trinajstić information content (AvgIpc) is 1.36. The molecule has 0 aromatic rings. The van der Waals surface area contributed by atoms with Gasteiger partial charge in [-0.15, -0.1) is 0 Å². The minimum Gasteiger partial charge on any atom is -0.543 e. The Morgan fingerprint density at radius 1 is 0.889 bits per heavy atom. The van der Waals surface area contributed by atoms with Gasteiger partial charge < -0.3 is 30.8 Å². The number of hydrogen-bond donors (Lipinski definition) is 0. The van der Waals surface area contributed by atoms with Crippen molar-refractivity contribution in [3.63, 3.8) is 0 Å². The number of aliphatic carboxylic acids is 2. The molecule has 0 amide bonds. The zero-order chi connectivity index (χ0) is 5.15. The Labute approximate surface area is 67.1 Å². The fraction of sp³-hybridized carbons (Fsp3) is 0. The summed E-state index contributed by atoms with van der Waals surface area (Å²) in [6, 6.07) is 0. The Kier molecular flexibility index (Phi) is 27.6. The Morgan fingerprint density at radius 2 is 1.00 bits per heavy atom. The van der Waals surface area contributed by atoms with E-state index < -0.39 is 11.9 Å². The van der Waals surface area contributed by atoms with Crippen LogP contribution < -0.4 is 10.2 Å². The van der Waals surface area contributed by atoms with Crippen molar-refractivity contribution in [2.45, 2.75) is 0 Å². The number of carbonyl (C=O) groups excluding carboxylic acids is 2. The molecule has 0 aromatic carbocycles. The minimum atomic E-state index is -2.19. The van der Waals surface area contributed by atoms with Gasteiger partial charge in [-0.2, -0.15) is 0 Å². The average molecular weight is 243 g/mol. The second-order valence-electron chi connectivity index (χ2n) is 0.575. The van der Waals surface area contributed by atoms with Gasteiger partial charge in [-0.1, -0.05) is 0 Å². The summed E-state index contributed by atoms with van der Waals surface area (Å²) in [5.41, 5.74) is 0. The van der Waals surface area contributed by atoms with Crippen LogP contribution in [0.2, 0.25) is 0 Å². The van der Waals surface area contributed by atoms with Crippen LogP contribution in [0.1, 0.15) is 0 Å². The van der Waals surface area contributed by atoms with Gasteiger partial charge in [0, 0.05) is 0 Å². The smallest absolute Gasteiger partial charge is 0.543 e. The Balaban J connectivity index is -0.0000000417. The van der Waals surface area contributed by atoms with Gasteiger partial charge in [-0.05, 0) is 0 Å². The van der Waals surface area contributed by atoms with E-state index in [4.69, 9.17) is 19.8 Å². The summed E-state index contributed by atoms with van der Waals surface area (Å²) in [5, 5.41) is 17.9. The standard InChI is InChI=1S/C2H2O4.2H2O.Sn/c3-1(4)2(5)6;;;/h(H,3,4)(H,5,6);2*1H2;/q;;;+2/p-2. The van der Waals surface area contributed by atoms with Crippen LogP contribution in [-0.2, 0) is 9.59 Å². The molecule has 0 aromatic heterocycles. The van der Waals surface area contributed by atoms with Gasteiger partial charge in [0.25, 0.3) is 0 Å². The normalized spacial score (nSPS) is 4.89. The topological polar surface area (TPSA) is 143 Å². The molecular weight excluding hydrogens is 239 g/mol. The summed E-state index contributed by atoms with van der Waals surface area (Å²) >= 11 is 0. The van der Waals surface area contributed by atoms with E-state index in [0.717, 1.165) is 0 Å². The fourth-order valence-corrected chi connectivity index (χ4v) is 0. The molecule has 0 atom stereocenters. The summed E-state index contributed by atoms with van der Waals surface area (Å²) in [5.74, 6) is -4.37. The van der Waals surface area contributed by atoms with E-state index in [0.29, 0.717) is 0 Å². The molecule has 0 saturated carbocycles. The number of carboxylic acids is 2. The van der Waals surface area contributed by atoms with Gasteiger partial charge in [-0.3, -0.25) is 0 Å².